The van der Waals surface area contributed by atoms with Gasteiger partial charge in [0.15, 0.2) is 0 Å². The first-order valence-corrected chi connectivity index (χ1v) is 8.36. The molecule has 1 heterocycles. The molecule has 7 heteroatoms. The molecule has 1 saturated heterocycles. The third-order valence-corrected chi connectivity index (χ3v) is 4.40. The fourth-order valence-electron chi connectivity index (χ4n) is 2.89. The van der Waals surface area contributed by atoms with Gasteiger partial charge in [0.1, 0.15) is 6.67 Å². The standard InChI is InChI=1S/C19H19N3O4/c1-14-4-8-16(9-5-14)21(13-20-12-2-3-18(20)23)19(24)15-6-10-17(11-7-15)22(25)26/h4-11H,2-3,12-13H2,1H3. The minimum atomic E-state index is -0.505. The van der Waals surface area contributed by atoms with E-state index in [2.05, 4.69) is 0 Å². The van der Waals surface area contributed by atoms with Gasteiger partial charge in [-0.3, -0.25) is 24.6 Å². The second-order valence-electron chi connectivity index (χ2n) is 6.27. The highest BCUT2D eigenvalue weighted by Gasteiger charge is 2.26. The molecule has 0 N–H and O–H groups in total. The number of anilines is 1. The number of aryl methyl sites for hydroxylation is 1. The number of rotatable bonds is 5. The van der Waals surface area contributed by atoms with E-state index in [-0.39, 0.29) is 24.2 Å². The summed E-state index contributed by atoms with van der Waals surface area (Å²) in [7, 11) is 0. The highest BCUT2D eigenvalue weighted by Crippen LogP contribution is 2.22. The van der Waals surface area contributed by atoms with E-state index < -0.39 is 4.92 Å². The molecule has 1 aliphatic rings. The molecule has 1 fully saturated rings. The third-order valence-electron chi connectivity index (χ3n) is 4.40. The van der Waals surface area contributed by atoms with Crippen molar-refractivity contribution in [2.75, 3.05) is 18.1 Å². The zero-order valence-corrected chi connectivity index (χ0v) is 14.4. The van der Waals surface area contributed by atoms with E-state index in [0.717, 1.165) is 12.0 Å². The van der Waals surface area contributed by atoms with Crippen LogP contribution in [0.5, 0.6) is 0 Å². The highest BCUT2D eigenvalue weighted by atomic mass is 16.6. The van der Waals surface area contributed by atoms with Gasteiger partial charge in [0.2, 0.25) is 5.91 Å². The van der Waals surface area contributed by atoms with Crippen LogP contribution in [0.4, 0.5) is 11.4 Å². The first-order chi connectivity index (χ1) is 12.5. The molecule has 0 aliphatic carbocycles. The van der Waals surface area contributed by atoms with Crippen LogP contribution in [0.15, 0.2) is 48.5 Å². The molecule has 0 radical (unpaired) electrons. The van der Waals surface area contributed by atoms with E-state index in [0.29, 0.717) is 24.2 Å². The molecule has 0 saturated carbocycles. The lowest BCUT2D eigenvalue weighted by Gasteiger charge is -2.28. The molecule has 2 aromatic rings. The van der Waals surface area contributed by atoms with Crippen molar-refractivity contribution in [3.63, 3.8) is 0 Å². The molecular weight excluding hydrogens is 334 g/mol. The normalized spacial score (nSPS) is 13.7. The predicted molar refractivity (Wildman–Crippen MR) is 96.9 cm³/mol. The zero-order chi connectivity index (χ0) is 18.7. The molecular formula is C19H19N3O4. The fraction of sp³-hybridized carbons (Fsp3) is 0.263. The number of carbonyl (C=O) groups is 2. The molecule has 7 nitrogen and oxygen atoms in total. The molecule has 1 aliphatic heterocycles. The van der Waals surface area contributed by atoms with Gasteiger partial charge >= 0.3 is 0 Å². The molecule has 3 rings (SSSR count). The SMILES string of the molecule is Cc1ccc(N(CN2CCCC2=O)C(=O)c2ccc([N+](=O)[O-])cc2)cc1. The summed E-state index contributed by atoms with van der Waals surface area (Å²) in [5.41, 5.74) is 2.01. The van der Waals surface area contributed by atoms with Crippen LogP contribution >= 0.6 is 0 Å². The number of nitrogens with zero attached hydrogens (tertiary/aromatic N) is 3. The lowest BCUT2D eigenvalue weighted by Crippen LogP contribution is -2.42. The summed E-state index contributed by atoms with van der Waals surface area (Å²) in [6.07, 6.45) is 1.28. The Morgan fingerprint density at radius 3 is 2.35 bits per heavy atom. The maximum atomic E-state index is 13.0. The van der Waals surface area contributed by atoms with Gasteiger partial charge in [-0.15, -0.1) is 0 Å². The van der Waals surface area contributed by atoms with Crippen molar-refractivity contribution in [2.45, 2.75) is 19.8 Å². The van der Waals surface area contributed by atoms with Gasteiger partial charge in [-0.1, -0.05) is 17.7 Å². The Labute approximate surface area is 151 Å². The Hall–Kier alpha value is -3.22. The number of likely N-dealkylation sites (tertiary alicyclic amines) is 1. The summed E-state index contributed by atoms with van der Waals surface area (Å²) in [6, 6.07) is 13.0. The van der Waals surface area contributed by atoms with E-state index >= 15 is 0 Å². The highest BCUT2D eigenvalue weighted by molar-refractivity contribution is 6.06. The molecule has 0 bridgehead atoms. The third kappa shape index (κ3) is 3.72. The van der Waals surface area contributed by atoms with Gasteiger partial charge in [0.25, 0.3) is 11.6 Å². The van der Waals surface area contributed by atoms with Crippen molar-refractivity contribution in [1.29, 1.82) is 0 Å². The summed E-state index contributed by atoms with van der Waals surface area (Å²) < 4.78 is 0. The summed E-state index contributed by atoms with van der Waals surface area (Å²) >= 11 is 0. The number of carbonyl (C=O) groups excluding carboxylic acids is 2. The predicted octanol–water partition coefficient (Wildman–Crippen LogP) is 3.13. The molecule has 0 aromatic heterocycles. The van der Waals surface area contributed by atoms with Crippen molar-refractivity contribution >= 4 is 23.2 Å². The Morgan fingerprint density at radius 1 is 1.15 bits per heavy atom. The number of nitro groups is 1. The molecule has 2 amide bonds. The fourth-order valence-corrected chi connectivity index (χ4v) is 2.89. The van der Waals surface area contributed by atoms with Crippen LogP contribution in [-0.2, 0) is 4.79 Å². The Bertz CT molecular complexity index is 831. The van der Waals surface area contributed by atoms with Crippen LogP contribution in [0.25, 0.3) is 0 Å². The van der Waals surface area contributed by atoms with Gasteiger partial charge in [-0.25, -0.2) is 0 Å². The lowest BCUT2D eigenvalue weighted by molar-refractivity contribution is -0.384. The smallest absolute Gasteiger partial charge is 0.269 e. The topological polar surface area (TPSA) is 83.8 Å². The van der Waals surface area contributed by atoms with Crippen molar-refractivity contribution < 1.29 is 14.5 Å². The van der Waals surface area contributed by atoms with Gasteiger partial charge in [0.05, 0.1) is 4.92 Å². The number of hydrogen-bond donors (Lipinski definition) is 0. The van der Waals surface area contributed by atoms with Crippen LogP contribution < -0.4 is 4.90 Å². The van der Waals surface area contributed by atoms with E-state index in [1.807, 2.05) is 31.2 Å². The molecule has 0 spiro atoms. The summed E-state index contributed by atoms with van der Waals surface area (Å²) in [4.78, 5) is 38.5. The van der Waals surface area contributed by atoms with Crippen molar-refractivity contribution in [2.24, 2.45) is 0 Å². The van der Waals surface area contributed by atoms with Gasteiger partial charge in [-0.05, 0) is 37.6 Å². The molecule has 134 valence electrons. The second kappa shape index (κ2) is 7.35. The quantitative estimate of drug-likeness (QED) is 0.611. The average Bonchev–Trinajstić information content (AvgIpc) is 3.05. The Balaban J connectivity index is 1.90. The molecule has 0 unspecified atom stereocenters. The monoisotopic (exact) mass is 353 g/mol. The summed E-state index contributed by atoms with van der Waals surface area (Å²) in [5, 5.41) is 10.8. The minimum Gasteiger partial charge on any atom is -0.324 e. The molecule has 26 heavy (non-hydrogen) atoms. The molecule has 2 aromatic carbocycles. The summed E-state index contributed by atoms with van der Waals surface area (Å²) in [5.74, 6) is -0.276. The van der Waals surface area contributed by atoms with Crippen LogP contribution in [0.3, 0.4) is 0 Å². The first-order valence-electron chi connectivity index (χ1n) is 8.36. The van der Waals surface area contributed by atoms with E-state index in [1.54, 1.807) is 4.90 Å². The number of nitro benzene ring substituents is 1. The molecule has 0 atom stereocenters. The van der Waals surface area contributed by atoms with E-state index in [9.17, 15) is 19.7 Å². The van der Waals surface area contributed by atoms with Crippen LogP contribution in [-0.4, -0.2) is 34.9 Å². The van der Waals surface area contributed by atoms with Crippen LogP contribution in [0.2, 0.25) is 0 Å². The number of hydrogen-bond acceptors (Lipinski definition) is 4. The maximum Gasteiger partial charge on any atom is 0.269 e. The van der Waals surface area contributed by atoms with Crippen molar-refractivity contribution in [1.82, 2.24) is 4.90 Å². The van der Waals surface area contributed by atoms with E-state index in [4.69, 9.17) is 0 Å². The van der Waals surface area contributed by atoms with Gasteiger partial charge in [0, 0.05) is 36.3 Å². The Morgan fingerprint density at radius 2 is 1.81 bits per heavy atom. The minimum absolute atomic E-state index is 0.0265. The maximum absolute atomic E-state index is 13.0. The van der Waals surface area contributed by atoms with Crippen LogP contribution in [0.1, 0.15) is 28.8 Å². The first kappa shape index (κ1) is 17.6. The number of benzene rings is 2. The lowest BCUT2D eigenvalue weighted by atomic mass is 10.1. The van der Waals surface area contributed by atoms with Gasteiger partial charge < -0.3 is 4.90 Å². The van der Waals surface area contributed by atoms with Crippen molar-refractivity contribution in [3.8, 4) is 0 Å². The second-order valence-corrected chi connectivity index (χ2v) is 6.27. The average molecular weight is 353 g/mol. The summed E-state index contributed by atoms with van der Waals surface area (Å²) in [6.45, 7) is 2.74. The van der Waals surface area contributed by atoms with Crippen LogP contribution in [0, 0.1) is 17.0 Å². The Kier molecular flexibility index (Phi) is 4.97. The number of non-ortho nitro benzene ring substituents is 1. The van der Waals surface area contributed by atoms with Crippen molar-refractivity contribution in [3.05, 3.63) is 69.8 Å². The zero-order valence-electron chi connectivity index (χ0n) is 14.4. The largest absolute Gasteiger partial charge is 0.324 e. The number of amides is 2. The van der Waals surface area contributed by atoms with Gasteiger partial charge in [-0.2, -0.15) is 0 Å². The van der Waals surface area contributed by atoms with E-state index in [1.165, 1.54) is 29.2 Å².